The summed E-state index contributed by atoms with van der Waals surface area (Å²) in [7, 11) is 0. The number of hydrogen-bond acceptors (Lipinski definition) is 5. The minimum Gasteiger partial charge on any atom is -0.508 e. The van der Waals surface area contributed by atoms with Crippen molar-refractivity contribution in [3.05, 3.63) is 70.2 Å². The number of aromatic hydroxyl groups is 1. The zero-order valence-electron chi connectivity index (χ0n) is 13.9. The number of nitrogens with zero attached hydrogens (tertiary/aromatic N) is 3. The maximum atomic E-state index is 9.51. The number of rotatable bonds is 6. The molecule has 0 amide bonds. The van der Waals surface area contributed by atoms with Gasteiger partial charge >= 0.3 is 0 Å². The maximum absolute atomic E-state index is 9.51. The van der Waals surface area contributed by atoms with Crippen molar-refractivity contribution in [2.75, 3.05) is 6.54 Å². The predicted octanol–water partition coefficient (Wildman–Crippen LogP) is 4.73. The van der Waals surface area contributed by atoms with Crippen molar-refractivity contribution < 1.29 is 5.11 Å². The largest absolute Gasteiger partial charge is 0.508 e. The van der Waals surface area contributed by atoms with Gasteiger partial charge in [-0.05, 0) is 47.7 Å². The van der Waals surface area contributed by atoms with Crippen molar-refractivity contribution in [3.63, 3.8) is 0 Å². The highest BCUT2D eigenvalue weighted by atomic mass is 32.1. The molecule has 0 fully saturated rings. The second-order valence-corrected chi connectivity index (χ2v) is 7.05. The van der Waals surface area contributed by atoms with E-state index in [4.69, 9.17) is 5.10 Å². The fraction of sp³-hybridized carbons (Fsp3) is 0.158. The molecule has 3 rings (SSSR count). The van der Waals surface area contributed by atoms with E-state index in [2.05, 4.69) is 35.3 Å². The summed E-state index contributed by atoms with van der Waals surface area (Å²) in [5, 5.41) is 18.5. The smallest absolute Gasteiger partial charge is 0.206 e. The molecule has 4 nitrogen and oxygen atoms in total. The van der Waals surface area contributed by atoms with Crippen LogP contribution in [0.1, 0.15) is 18.9 Å². The molecule has 6 heteroatoms. The normalized spacial score (nSPS) is 12.5. The Morgan fingerprint density at radius 1 is 1.24 bits per heavy atom. The molecular formula is C19H19N3OS2. The third-order valence-corrected chi connectivity index (χ3v) is 5.32. The van der Waals surface area contributed by atoms with Crippen LogP contribution in [0.5, 0.6) is 5.75 Å². The summed E-state index contributed by atoms with van der Waals surface area (Å²) in [6.45, 7) is 6.37. The summed E-state index contributed by atoms with van der Waals surface area (Å²) in [6.07, 6.45) is 2.55. The number of phenols is 1. The summed E-state index contributed by atoms with van der Waals surface area (Å²) in [6, 6.07) is 11.3. The minimum absolute atomic E-state index is 0.253. The van der Waals surface area contributed by atoms with Gasteiger partial charge in [-0.25, -0.2) is 4.68 Å². The van der Waals surface area contributed by atoms with Crippen LogP contribution in [0, 0.1) is 0 Å². The van der Waals surface area contributed by atoms with Crippen LogP contribution >= 0.6 is 22.7 Å². The molecule has 0 saturated carbocycles. The molecule has 0 atom stereocenters. The Bertz CT molecular complexity index is 932. The summed E-state index contributed by atoms with van der Waals surface area (Å²) >= 11 is 3.25. The number of hydrogen-bond donors (Lipinski definition) is 1. The first kappa shape index (κ1) is 17.4. The van der Waals surface area contributed by atoms with E-state index >= 15 is 0 Å². The van der Waals surface area contributed by atoms with E-state index in [9.17, 15) is 5.11 Å². The van der Waals surface area contributed by atoms with Crippen LogP contribution in [0.2, 0.25) is 0 Å². The molecule has 0 unspecified atom stereocenters. The van der Waals surface area contributed by atoms with E-state index in [0.29, 0.717) is 6.54 Å². The van der Waals surface area contributed by atoms with E-state index in [1.807, 2.05) is 22.9 Å². The summed E-state index contributed by atoms with van der Waals surface area (Å²) < 4.78 is 1.91. The molecule has 0 radical (unpaired) electrons. The molecule has 3 aromatic rings. The highest BCUT2D eigenvalue weighted by Gasteiger charge is 2.10. The predicted molar refractivity (Wildman–Crippen MR) is 107 cm³/mol. The van der Waals surface area contributed by atoms with Gasteiger partial charge in [0, 0.05) is 5.38 Å². The molecule has 2 aromatic heterocycles. The van der Waals surface area contributed by atoms with Crippen molar-refractivity contribution in [3.8, 4) is 16.3 Å². The van der Waals surface area contributed by atoms with Gasteiger partial charge in [0.1, 0.15) is 5.75 Å². The molecule has 0 bridgehead atoms. The summed E-state index contributed by atoms with van der Waals surface area (Å²) in [5.74, 6) is 0.253. The van der Waals surface area contributed by atoms with Gasteiger partial charge in [-0.2, -0.15) is 5.10 Å². The molecule has 1 aromatic carbocycles. The molecule has 0 saturated heterocycles. The van der Waals surface area contributed by atoms with Crippen LogP contribution in [0.3, 0.4) is 0 Å². The van der Waals surface area contributed by atoms with Gasteiger partial charge in [-0.1, -0.05) is 19.1 Å². The monoisotopic (exact) mass is 369 g/mol. The van der Waals surface area contributed by atoms with Gasteiger partial charge < -0.3 is 5.11 Å². The zero-order chi connectivity index (χ0) is 17.6. The number of thiophene rings is 1. The standard InChI is InChI=1S/C19H19N3OS2/c1-3-11-20-19-22(17(13-25-19)18-6-5-12-24-18)21-16(4-2)14-7-9-15(23)10-8-14/h3,5-10,12-13,23H,1,4,11H2,2H3. The molecule has 0 aliphatic carbocycles. The third-order valence-electron chi connectivity index (χ3n) is 3.57. The number of benzene rings is 1. The Morgan fingerprint density at radius 2 is 2.04 bits per heavy atom. The molecule has 0 aliphatic heterocycles. The lowest BCUT2D eigenvalue weighted by Gasteiger charge is -2.07. The Morgan fingerprint density at radius 3 is 2.68 bits per heavy atom. The van der Waals surface area contributed by atoms with Crippen molar-refractivity contribution in [1.82, 2.24) is 4.68 Å². The second-order valence-electron chi connectivity index (χ2n) is 5.27. The van der Waals surface area contributed by atoms with E-state index in [-0.39, 0.29) is 5.75 Å². The molecular weight excluding hydrogens is 350 g/mol. The van der Waals surface area contributed by atoms with E-state index in [0.717, 1.165) is 33.1 Å². The minimum atomic E-state index is 0.253. The molecule has 0 aliphatic rings. The Balaban J connectivity index is 2.14. The van der Waals surface area contributed by atoms with Gasteiger partial charge in [0.25, 0.3) is 0 Å². The lowest BCUT2D eigenvalue weighted by molar-refractivity contribution is 0.475. The van der Waals surface area contributed by atoms with Gasteiger partial charge in [-0.15, -0.1) is 29.3 Å². The van der Waals surface area contributed by atoms with Crippen molar-refractivity contribution in [2.24, 2.45) is 10.1 Å². The number of phenolic OH excluding ortho intramolecular Hbond substituents is 1. The summed E-state index contributed by atoms with van der Waals surface area (Å²) in [4.78, 5) is 6.57. The fourth-order valence-electron chi connectivity index (χ4n) is 2.35. The number of thiazole rings is 1. The average molecular weight is 370 g/mol. The van der Waals surface area contributed by atoms with Crippen LogP contribution in [-0.4, -0.2) is 22.0 Å². The fourth-order valence-corrected chi connectivity index (χ4v) is 3.98. The Labute approximate surface area is 154 Å². The highest BCUT2D eigenvalue weighted by molar-refractivity contribution is 7.14. The first-order valence-corrected chi connectivity index (χ1v) is 9.72. The Kier molecular flexibility index (Phi) is 5.63. The van der Waals surface area contributed by atoms with Crippen molar-refractivity contribution >= 4 is 28.4 Å². The summed E-state index contributed by atoms with van der Waals surface area (Å²) in [5.41, 5.74) is 2.97. The van der Waals surface area contributed by atoms with Gasteiger partial charge in [-0.3, -0.25) is 4.99 Å². The second kappa shape index (κ2) is 8.09. The van der Waals surface area contributed by atoms with Crippen LogP contribution in [0.4, 0.5) is 0 Å². The van der Waals surface area contributed by atoms with Crippen LogP contribution in [0.25, 0.3) is 10.6 Å². The first-order chi connectivity index (χ1) is 12.2. The van der Waals surface area contributed by atoms with Crippen LogP contribution in [-0.2, 0) is 0 Å². The quantitative estimate of drug-likeness (QED) is 0.495. The van der Waals surface area contributed by atoms with Crippen LogP contribution < -0.4 is 4.80 Å². The van der Waals surface area contributed by atoms with Gasteiger partial charge in [0.2, 0.25) is 4.80 Å². The molecule has 1 N–H and O–H groups in total. The highest BCUT2D eigenvalue weighted by Crippen LogP contribution is 2.25. The zero-order valence-corrected chi connectivity index (χ0v) is 15.6. The number of aromatic nitrogens is 1. The van der Waals surface area contributed by atoms with E-state index in [1.54, 1.807) is 40.9 Å². The van der Waals surface area contributed by atoms with E-state index < -0.39 is 0 Å². The van der Waals surface area contributed by atoms with E-state index in [1.165, 1.54) is 0 Å². The SMILES string of the molecule is C=CCN=c1scc(-c2cccs2)n1N=C(CC)c1ccc(O)cc1. The molecule has 128 valence electrons. The molecule has 0 spiro atoms. The molecule has 2 heterocycles. The van der Waals surface area contributed by atoms with Gasteiger partial charge in [0.05, 0.1) is 22.8 Å². The topological polar surface area (TPSA) is 49.9 Å². The first-order valence-electron chi connectivity index (χ1n) is 7.96. The third kappa shape index (κ3) is 3.97. The lowest BCUT2D eigenvalue weighted by Crippen LogP contribution is -2.15. The maximum Gasteiger partial charge on any atom is 0.206 e. The van der Waals surface area contributed by atoms with Crippen LogP contribution in [0.15, 0.2) is 69.9 Å². The lowest BCUT2D eigenvalue weighted by atomic mass is 10.1. The van der Waals surface area contributed by atoms with Crippen molar-refractivity contribution in [2.45, 2.75) is 13.3 Å². The van der Waals surface area contributed by atoms with Gasteiger partial charge in [0.15, 0.2) is 0 Å². The Hall–Kier alpha value is -2.44. The van der Waals surface area contributed by atoms with Crippen molar-refractivity contribution in [1.29, 1.82) is 0 Å². The molecule has 25 heavy (non-hydrogen) atoms. The average Bonchev–Trinajstić information content (AvgIpc) is 3.28.